The van der Waals surface area contributed by atoms with Crippen molar-refractivity contribution in [1.29, 1.82) is 5.26 Å². The van der Waals surface area contributed by atoms with E-state index in [1.165, 1.54) is 24.3 Å². The summed E-state index contributed by atoms with van der Waals surface area (Å²) in [4.78, 5) is 11.4. The maximum absolute atomic E-state index is 13.1. The molecule has 1 saturated carbocycles. The number of rotatable bonds is 4. The van der Waals surface area contributed by atoms with Crippen LogP contribution < -0.4 is 4.72 Å². The molecule has 2 atom stereocenters. The lowest BCUT2D eigenvalue weighted by atomic mass is 10.0. The molecule has 2 aromatic carbocycles. The van der Waals surface area contributed by atoms with Gasteiger partial charge in [-0.2, -0.15) is 31.6 Å². The van der Waals surface area contributed by atoms with Crippen molar-refractivity contribution in [2.75, 3.05) is 0 Å². The molecule has 1 aliphatic rings. The van der Waals surface area contributed by atoms with Crippen LogP contribution in [0.3, 0.4) is 0 Å². The van der Waals surface area contributed by atoms with E-state index in [0.717, 1.165) is 12.1 Å². The van der Waals surface area contributed by atoms with Crippen LogP contribution in [0.1, 0.15) is 34.6 Å². The highest BCUT2D eigenvalue weighted by Gasteiger charge is 2.48. The maximum atomic E-state index is 13.1. The van der Waals surface area contributed by atoms with Crippen LogP contribution in [0.5, 0.6) is 0 Å². The molecule has 164 valence electrons. The lowest BCUT2D eigenvalue weighted by Crippen LogP contribution is -2.32. The first-order valence-corrected chi connectivity index (χ1v) is 10.1. The summed E-state index contributed by atoms with van der Waals surface area (Å²) in [6.07, 6.45) is -9.72. The zero-order valence-corrected chi connectivity index (χ0v) is 16.1. The monoisotopic (exact) mass is 462 g/mol. The molecular weight excluding hydrogens is 450 g/mol. The van der Waals surface area contributed by atoms with Gasteiger partial charge in [-0.15, -0.1) is 0 Å². The van der Waals surface area contributed by atoms with E-state index in [2.05, 4.69) is 0 Å². The second-order valence-electron chi connectivity index (χ2n) is 6.82. The minimum absolute atomic E-state index is 0.0460. The Morgan fingerprint density at radius 1 is 1.00 bits per heavy atom. The molecule has 5 nitrogen and oxygen atoms in total. The van der Waals surface area contributed by atoms with Crippen LogP contribution in [0.25, 0.3) is 0 Å². The first-order valence-electron chi connectivity index (χ1n) is 8.60. The zero-order valence-electron chi connectivity index (χ0n) is 15.3. The molecule has 1 N–H and O–H groups in total. The number of sulfonamides is 1. The van der Waals surface area contributed by atoms with E-state index in [1.54, 1.807) is 4.72 Å². The Bertz CT molecular complexity index is 1180. The Morgan fingerprint density at radius 2 is 1.61 bits per heavy atom. The predicted molar refractivity (Wildman–Crippen MR) is 93.8 cm³/mol. The molecule has 0 aromatic heterocycles. The highest BCUT2D eigenvalue weighted by atomic mass is 32.2. The molecule has 0 bridgehead atoms. The quantitative estimate of drug-likeness (QED) is 0.690. The molecule has 3 rings (SSSR count). The zero-order chi connectivity index (χ0) is 23.2. The first-order chi connectivity index (χ1) is 14.3. The number of nitrogens with one attached hydrogen (secondary N) is 1. The van der Waals surface area contributed by atoms with Crippen LogP contribution in [-0.2, 0) is 27.2 Å². The molecule has 0 radical (unpaired) electrons. The van der Waals surface area contributed by atoms with Crippen molar-refractivity contribution < 1.29 is 39.6 Å². The van der Waals surface area contributed by atoms with Gasteiger partial charge in [0.15, 0.2) is 0 Å². The normalized spacial score (nSPS) is 18.9. The van der Waals surface area contributed by atoms with Gasteiger partial charge in [0.25, 0.3) is 10.0 Å². The van der Waals surface area contributed by atoms with Crippen molar-refractivity contribution in [3.63, 3.8) is 0 Å². The second-order valence-corrected chi connectivity index (χ2v) is 8.50. The third-order valence-electron chi connectivity index (χ3n) is 4.76. The van der Waals surface area contributed by atoms with Gasteiger partial charge >= 0.3 is 12.4 Å². The van der Waals surface area contributed by atoms with Gasteiger partial charge in [0.1, 0.15) is 0 Å². The van der Waals surface area contributed by atoms with Gasteiger partial charge in [-0.3, -0.25) is 4.79 Å². The Balaban J connectivity index is 1.82. The molecule has 0 aliphatic heterocycles. The average Bonchev–Trinajstić information content (AvgIpc) is 3.46. The van der Waals surface area contributed by atoms with E-state index in [4.69, 9.17) is 5.26 Å². The predicted octanol–water partition coefficient (Wildman–Crippen LogP) is 4.20. The van der Waals surface area contributed by atoms with Crippen molar-refractivity contribution in [1.82, 2.24) is 4.72 Å². The fraction of sp³-hybridized carbons (Fsp3) is 0.263. The molecule has 1 aliphatic carbocycles. The van der Waals surface area contributed by atoms with Gasteiger partial charge in [0, 0.05) is 5.92 Å². The van der Waals surface area contributed by atoms with Gasteiger partial charge in [0.05, 0.1) is 27.7 Å². The number of hydrogen-bond acceptors (Lipinski definition) is 4. The summed E-state index contributed by atoms with van der Waals surface area (Å²) in [5, 5.41) is 8.77. The number of carbonyl (C=O) groups excluding carboxylic acids is 1. The molecule has 1 amide bonds. The number of carbonyl (C=O) groups is 1. The average molecular weight is 462 g/mol. The molecule has 2 aromatic rings. The van der Waals surface area contributed by atoms with Crippen molar-refractivity contribution in [2.45, 2.75) is 29.6 Å². The Kier molecular flexibility index (Phi) is 5.52. The number of nitrogens with zero attached hydrogens (tertiary/aromatic N) is 1. The fourth-order valence-corrected chi connectivity index (χ4v) is 4.25. The van der Waals surface area contributed by atoms with E-state index in [9.17, 15) is 39.6 Å². The maximum Gasteiger partial charge on any atom is 0.417 e. The summed E-state index contributed by atoms with van der Waals surface area (Å²) in [7, 11) is -4.75. The van der Waals surface area contributed by atoms with E-state index >= 15 is 0 Å². The smallest absolute Gasteiger partial charge is 0.274 e. The molecule has 31 heavy (non-hydrogen) atoms. The second kappa shape index (κ2) is 7.56. The van der Waals surface area contributed by atoms with E-state index in [1.807, 2.05) is 0 Å². The first kappa shape index (κ1) is 22.6. The van der Waals surface area contributed by atoms with Crippen LogP contribution in [0.4, 0.5) is 26.3 Å². The topological polar surface area (TPSA) is 87.0 Å². The molecule has 1 fully saturated rings. The Hall–Kier alpha value is -3.07. The third-order valence-corrected chi connectivity index (χ3v) is 6.10. The van der Waals surface area contributed by atoms with Crippen molar-refractivity contribution in [3.05, 3.63) is 64.7 Å². The van der Waals surface area contributed by atoms with Gasteiger partial charge in [-0.05, 0) is 42.2 Å². The Morgan fingerprint density at radius 3 is 2.19 bits per heavy atom. The summed E-state index contributed by atoms with van der Waals surface area (Å²) in [6, 6.07) is 7.46. The van der Waals surface area contributed by atoms with Crippen LogP contribution >= 0.6 is 0 Å². The highest BCUT2D eigenvalue weighted by Crippen LogP contribution is 2.51. The molecule has 12 heteroatoms. The SMILES string of the molecule is N#Cc1ccc(S(=O)(=O)NC(=O)C2CC2c2ccccc2C(F)(F)F)cc1C(F)(F)F. The molecule has 0 spiro atoms. The number of halogens is 6. The summed E-state index contributed by atoms with van der Waals surface area (Å²) in [5.41, 5.74) is -3.40. The number of nitriles is 1. The van der Waals surface area contributed by atoms with Crippen molar-refractivity contribution in [2.24, 2.45) is 5.92 Å². The van der Waals surface area contributed by atoms with E-state index in [-0.39, 0.29) is 18.1 Å². The van der Waals surface area contributed by atoms with Crippen LogP contribution in [-0.4, -0.2) is 14.3 Å². The van der Waals surface area contributed by atoms with E-state index in [0.29, 0.717) is 6.07 Å². The highest BCUT2D eigenvalue weighted by molar-refractivity contribution is 7.90. The van der Waals surface area contributed by atoms with Crippen LogP contribution in [0.15, 0.2) is 47.4 Å². The number of hydrogen-bond donors (Lipinski definition) is 1. The van der Waals surface area contributed by atoms with Crippen LogP contribution in [0, 0.1) is 17.2 Å². The summed E-state index contributed by atoms with van der Waals surface area (Å²) < 4.78 is 105. The fourth-order valence-electron chi connectivity index (χ4n) is 3.20. The summed E-state index contributed by atoms with van der Waals surface area (Å²) in [6.45, 7) is 0. The molecule has 0 heterocycles. The van der Waals surface area contributed by atoms with E-state index < -0.39 is 61.7 Å². The third kappa shape index (κ3) is 4.66. The number of benzene rings is 2. The lowest BCUT2D eigenvalue weighted by molar-refractivity contribution is -0.139. The minimum Gasteiger partial charge on any atom is -0.274 e. The molecule has 2 unspecified atom stereocenters. The standard InChI is InChI=1S/C19H12F6N2O3S/c20-18(21,22)15-4-2-1-3-12(15)13-8-14(13)17(28)27-31(29,30)11-6-5-10(9-26)16(7-11)19(23,24)25/h1-7,13-14H,8H2,(H,27,28). The van der Waals surface area contributed by atoms with Crippen molar-refractivity contribution in [3.8, 4) is 6.07 Å². The lowest BCUT2D eigenvalue weighted by Gasteiger charge is -2.13. The number of alkyl halides is 6. The van der Waals surface area contributed by atoms with Gasteiger partial charge in [-0.1, -0.05) is 18.2 Å². The van der Waals surface area contributed by atoms with Gasteiger partial charge in [-0.25, -0.2) is 13.1 Å². The Labute approximate surface area is 172 Å². The largest absolute Gasteiger partial charge is 0.417 e. The summed E-state index contributed by atoms with van der Waals surface area (Å²) in [5.74, 6) is -3.08. The van der Waals surface area contributed by atoms with Gasteiger partial charge < -0.3 is 0 Å². The minimum atomic E-state index is -5.01. The van der Waals surface area contributed by atoms with Crippen molar-refractivity contribution >= 4 is 15.9 Å². The molecular formula is C19H12F6N2O3S. The van der Waals surface area contributed by atoms with Crippen LogP contribution in [0.2, 0.25) is 0 Å². The molecule has 0 saturated heterocycles. The number of amides is 1. The van der Waals surface area contributed by atoms with Gasteiger partial charge in [0.2, 0.25) is 5.91 Å². The summed E-state index contributed by atoms with van der Waals surface area (Å²) >= 11 is 0.